The first-order valence-corrected chi connectivity index (χ1v) is 5.07. The Bertz CT molecular complexity index is 222. The fourth-order valence-electron chi connectivity index (χ4n) is 0.930. The molecule has 0 bridgehead atoms. The fraction of sp³-hybridized carbons (Fsp3) is 0.625. The highest BCUT2D eigenvalue weighted by Crippen LogP contribution is 2.14. The minimum absolute atomic E-state index is 1.00. The van der Waals surface area contributed by atoms with Gasteiger partial charge in [-0.3, -0.25) is 0 Å². The van der Waals surface area contributed by atoms with Gasteiger partial charge in [-0.15, -0.1) is 11.3 Å². The molecule has 0 saturated heterocycles. The Morgan fingerprint density at radius 3 is 3.00 bits per heavy atom. The minimum atomic E-state index is 1.00. The third-order valence-corrected chi connectivity index (χ3v) is 2.48. The third kappa shape index (κ3) is 2.79. The second-order valence-corrected chi connectivity index (χ2v) is 3.36. The van der Waals surface area contributed by atoms with Crippen molar-refractivity contribution in [3.05, 3.63) is 11.1 Å². The van der Waals surface area contributed by atoms with Crippen molar-refractivity contribution in [1.82, 2.24) is 10.3 Å². The van der Waals surface area contributed by atoms with Crippen LogP contribution in [-0.2, 0) is 6.42 Å². The molecular formula is C8H15N3S. The molecule has 0 aliphatic heterocycles. The van der Waals surface area contributed by atoms with Gasteiger partial charge in [0.25, 0.3) is 0 Å². The van der Waals surface area contributed by atoms with Crippen LogP contribution in [0.1, 0.15) is 12.6 Å². The summed E-state index contributed by atoms with van der Waals surface area (Å²) in [6.45, 7) is 4.16. The summed E-state index contributed by atoms with van der Waals surface area (Å²) < 4.78 is 0. The highest BCUT2D eigenvalue weighted by Gasteiger charge is 1.98. The predicted molar refractivity (Wildman–Crippen MR) is 53.9 cm³/mol. The van der Waals surface area contributed by atoms with Crippen LogP contribution < -0.4 is 10.6 Å². The maximum atomic E-state index is 4.37. The van der Waals surface area contributed by atoms with Gasteiger partial charge in [-0.25, -0.2) is 4.98 Å². The molecule has 68 valence electrons. The number of hydrogen-bond acceptors (Lipinski definition) is 4. The SMILES string of the molecule is CCNCCc1csc(NC)n1. The zero-order valence-electron chi connectivity index (χ0n) is 7.55. The van der Waals surface area contributed by atoms with Crippen LogP contribution in [0.15, 0.2) is 5.38 Å². The van der Waals surface area contributed by atoms with E-state index in [4.69, 9.17) is 0 Å². The van der Waals surface area contributed by atoms with Crippen LogP contribution in [-0.4, -0.2) is 25.1 Å². The van der Waals surface area contributed by atoms with Crippen molar-refractivity contribution in [1.29, 1.82) is 0 Å². The summed E-state index contributed by atoms with van der Waals surface area (Å²) in [5.41, 5.74) is 1.17. The second-order valence-electron chi connectivity index (χ2n) is 2.50. The molecule has 0 spiro atoms. The number of thiazole rings is 1. The van der Waals surface area contributed by atoms with E-state index >= 15 is 0 Å². The van der Waals surface area contributed by atoms with Crippen molar-refractivity contribution >= 4 is 16.5 Å². The summed E-state index contributed by atoms with van der Waals surface area (Å²) in [6, 6.07) is 0. The van der Waals surface area contributed by atoms with E-state index in [-0.39, 0.29) is 0 Å². The fourth-order valence-corrected chi connectivity index (χ4v) is 1.64. The van der Waals surface area contributed by atoms with Crippen LogP contribution in [0.5, 0.6) is 0 Å². The lowest BCUT2D eigenvalue weighted by Gasteiger charge is -1.97. The summed E-state index contributed by atoms with van der Waals surface area (Å²) in [5, 5.41) is 9.39. The molecule has 0 radical (unpaired) electrons. The standard InChI is InChI=1S/C8H15N3S/c1-3-10-5-4-7-6-12-8(9-2)11-7/h6,10H,3-5H2,1-2H3,(H,9,11). The maximum Gasteiger partial charge on any atom is 0.182 e. The van der Waals surface area contributed by atoms with E-state index in [2.05, 4.69) is 27.9 Å². The van der Waals surface area contributed by atoms with Gasteiger partial charge in [-0.2, -0.15) is 0 Å². The lowest BCUT2D eigenvalue weighted by Crippen LogP contribution is -2.16. The Hall–Kier alpha value is -0.610. The van der Waals surface area contributed by atoms with Crippen LogP contribution in [0, 0.1) is 0 Å². The Balaban J connectivity index is 2.31. The number of likely N-dealkylation sites (N-methyl/N-ethyl adjacent to an activating group) is 1. The number of nitrogens with zero attached hydrogens (tertiary/aromatic N) is 1. The van der Waals surface area contributed by atoms with E-state index < -0.39 is 0 Å². The van der Waals surface area contributed by atoms with E-state index in [9.17, 15) is 0 Å². The lowest BCUT2D eigenvalue weighted by molar-refractivity contribution is 0.710. The second kappa shape index (κ2) is 5.11. The Labute approximate surface area is 77.2 Å². The van der Waals surface area contributed by atoms with Gasteiger partial charge in [-0.05, 0) is 6.54 Å². The summed E-state index contributed by atoms with van der Waals surface area (Å²) in [7, 11) is 1.90. The summed E-state index contributed by atoms with van der Waals surface area (Å²) in [5.74, 6) is 0. The molecule has 0 aliphatic rings. The first-order chi connectivity index (χ1) is 5.86. The van der Waals surface area contributed by atoms with Gasteiger partial charge in [-0.1, -0.05) is 6.92 Å². The first kappa shape index (κ1) is 9.48. The lowest BCUT2D eigenvalue weighted by atomic mass is 10.3. The molecule has 0 aliphatic carbocycles. The van der Waals surface area contributed by atoms with Gasteiger partial charge in [0.2, 0.25) is 0 Å². The van der Waals surface area contributed by atoms with Crippen LogP contribution in [0.4, 0.5) is 5.13 Å². The van der Waals surface area contributed by atoms with Crippen molar-refractivity contribution in [3.8, 4) is 0 Å². The molecule has 1 aromatic heterocycles. The Morgan fingerprint density at radius 1 is 1.58 bits per heavy atom. The normalized spacial score (nSPS) is 10.2. The van der Waals surface area contributed by atoms with E-state index in [1.807, 2.05) is 7.05 Å². The van der Waals surface area contributed by atoms with Crippen LogP contribution in [0.3, 0.4) is 0 Å². The van der Waals surface area contributed by atoms with E-state index in [1.165, 1.54) is 5.69 Å². The molecule has 1 heterocycles. The molecule has 0 amide bonds. The van der Waals surface area contributed by atoms with E-state index in [0.717, 1.165) is 24.6 Å². The quantitative estimate of drug-likeness (QED) is 0.680. The van der Waals surface area contributed by atoms with Gasteiger partial charge in [0.05, 0.1) is 5.69 Å². The average Bonchev–Trinajstić information content (AvgIpc) is 2.53. The molecule has 0 unspecified atom stereocenters. The number of rotatable bonds is 5. The Morgan fingerprint density at radius 2 is 2.42 bits per heavy atom. The summed E-state index contributed by atoms with van der Waals surface area (Å²) in [4.78, 5) is 4.37. The smallest absolute Gasteiger partial charge is 0.182 e. The molecule has 1 rings (SSSR count). The third-order valence-electron chi connectivity index (χ3n) is 1.57. The first-order valence-electron chi connectivity index (χ1n) is 4.19. The highest BCUT2D eigenvalue weighted by molar-refractivity contribution is 7.13. The minimum Gasteiger partial charge on any atom is -0.365 e. The Kier molecular flexibility index (Phi) is 4.04. The average molecular weight is 185 g/mol. The predicted octanol–water partition coefficient (Wildman–Crippen LogP) is 1.34. The van der Waals surface area contributed by atoms with Crippen molar-refractivity contribution in [3.63, 3.8) is 0 Å². The van der Waals surface area contributed by atoms with Crippen LogP contribution >= 0.6 is 11.3 Å². The number of hydrogen-bond donors (Lipinski definition) is 2. The molecule has 2 N–H and O–H groups in total. The van der Waals surface area contributed by atoms with Gasteiger partial charge >= 0.3 is 0 Å². The van der Waals surface area contributed by atoms with Gasteiger partial charge in [0, 0.05) is 25.4 Å². The van der Waals surface area contributed by atoms with Crippen LogP contribution in [0.25, 0.3) is 0 Å². The molecule has 0 fully saturated rings. The molecule has 0 saturated carbocycles. The summed E-state index contributed by atoms with van der Waals surface area (Å²) >= 11 is 1.66. The maximum absolute atomic E-state index is 4.37. The summed E-state index contributed by atoms with van der Waals surface area (Å²) in [6.07, 6.45) is 1.02. The van der Waals surface area contributed by atoms with Crippen molar-refractivity contribution in [2.45, 2.75) is 13.3 Å². The van der Waals surface area contributed by atoms with Crippen molar-refractivity contribution in [2.24, 2.45) is 0 Å². The topological polar surface area (TPSA) is 37.0 Å². The zero-order chi connectivity index (χ0) is 8.81. The van der Waals surface area contributed by atoms with E-state index in [1.54, 1.807) is 11.3 Å². The molecule has 0 atom stereocenters. The van der Waals surface area contributed by atoms with Gasteiger partial charge < -0.3 is 10.6 Å². The highest BCUT2D eigenvalue weighted by atomic mass is 32.1. The monoisotopic (exact) mass is 185 g/mol. The number of anilines is 1. The molecule has 1 aromatic rings. The number of nitrogens with one attached hydrogen (secondary N) is 2. The molecule has 4 heteroatoms. The van der Waals surface area contributed by atoms with Gasteiger partial charge in [0.1, 0.15) is 0 Å². The van der Waals surface area contributed by atoms with E-state index in [0.29, 0.717) is 0 Å². The number of aromatic nitrogens is 1. The largest absolute Gasteiger partial charge is 0.365 e. The van der Waals surface area contributed by atoms with Crippen LogP contribution in [0.2, 0.25) is 0 Å². The van der Waals surface area contributed by atoms with Crippen molar-refractivity contribution in [2.75, 3.05) is 25.5 Å². The molecular weight excluding hydrogens is 170 g/mol. The molecule has 0 aromatic carbocycles. The molecule has 3 nitrogen and oxygen atoms in total. The van der Waals surface area contributed by atoms with Crippen molar-refractivity contribution < 1.29 is 0 Å². The zero-order valence-corrected chi connectivity index (χ0v) is 8.37. The molecule has 12 heavy (non-hydrogen) atoms. The van der Waals surface area contributed by atoms with Gasteiger partial charge in [0.15, 0.2) is 5.13 Å².